The Morgan fingerprint density at radius 3 is 3.00 bits per heavy atom. The van der Waals surface area contributed by atoms with Crippen LogP contribution in [0.5, 0.6) is 0 Å². The normalized spacial score (nSPS) is 28.3. The molecule has 2 nitrogen and oxygen atoms in total. The highest BCUT2D eigenvalue weighted by Crippen LogP contribution is 2.43. The number of morpholine rings is 1. The minimum Gasteiger partial charge on any atom is -0.378 e. The van der Waals surface area contributed by atoms with Crippen molar-refractivity contribution >= 4 is 0 Å². The van der Waals surface area contributed by atoms with Crippen LogP contribution in [-0.2, 0) is 4.74 Å². The third-order valence-corrected chi connectivity index (χ3v) is 2.66. The van der Waals surface area contributed by atoms with Crippen molar-refractivity contribution in [2.45, 2.75) is 18.4 Å². The van der Waals surface area contributed by atoms with Crippen LogP contribution in [0, 0.1) is 12.3 Å². The van der Waals surface area contributed by atoms with Gasteiger partial charge in [-0.3, -0.25) is 4.90 Å². The topological polar surface area (TPSA) is 12.5 Å². The smallest absolute Gasteiger partial charge is 0.0651 e. The Balaban J connectivity index is 2.00. The molecule has 0 aromatic heterocycles. The van der Waals surface area contributed by atoms with Gasteiger partial charge in [0.1, 0.15) is 0 Å². The van der Waals surface area contributed by atoms with Crippen molar-refractivity contribution in [1.29, 1.82) is 0 Å². The first-order valence-corrected chi connectivity index (χ1v) is 4.14. The van der Waals surface area contributed by atoms with Crippen molar-refractivity contribution in [1.82, 2.24) is 4.90 Å². The van der Waals surface area contributed by atoms with Gasteiger partial charge in [0.25, 0.3) is 0 Å². The predicted octanol–water partition coefficient (Wildman–Crippen LogP) is 0.484. The lowest BCUT2D eigenvalue weighted by atomic mass is 10.2. The maximum atomic E-state index is 5.41. The van der Waals surface area contributed by atoms with E-state index in [-0.39, 0.29) is 0 Å². The minimum absolute atomic E-state index is 0.366. The highest BCUT2D eigenvalue weighted by molar-refractivity contribution is 5.08. The molecule has 2 heteroatoms. The summed E-state index contributed by atoms with van der Waals surface area (Å²) in [4.78, 5) is 2.39. The summed E-state index contributed by atoms with van der Waals surface area (Å²) < 4.78 is 5.41. The van der Waals surface area contributed by atoms with Crippen molar-refractivity contribution < 1.29 is 4.74 Å². The molecular weight excluding hydrogens is 138 g/mol. The fourth-order valence-electron chi connectivity index (χ4n) is 1.73. The van der Waals surface area contributed by atoms with E-state index in [1.54, 1.807) is 0 Å². The van der Waals surface area contributed by atoms with E-state index in [1.165, 1.54) is 12.8 Å². The number of rotatable bonds is 1. The first kappa shape index (κ1) is 7.15. The Hall–Kier alpha value is -0.520. The molecule has 2 rings (SSSR count). The maximum Gasteiger partial charge on any atom is 0.0651 e. The van der Waals surface area contributed by atoms with Crippen molar-refractivity contribution in [3.63, 3.8) is 0 Å². The standard InChI is InChI=1S/C9H13NO/c1-2-5-10-6-7-11-8-9(10)3-4-9/h1H,3-8H2. The van der Waals surface area contributed by atoms with Crippen molar-refractivity contribution in [3.8, 4) is 12.3 Å². The number of ether oxygens (including phenoxy) is 1. The van der Waals surface area contributed by atoms with Crippen LogP contribution in [0.25, 0.3) is 0 Å². The van der Waals surface area contributed by atoms with Crippen LogP contribution in [0.15, 0.2) is 0 Å². The van der Waals surface area contributed by atoms with Crippen LogP contribution in [-0.4, -0.2) is 36.7 Å². The SMILES string of the molecule is C#CCN1CCOCC12CC2. The molecule has 1 aliphatic heterocycles. The monoisotopic (exact) mass is 151 g/mol. The largest absolute Gasteiger partial charge is 0.378 e. The highest BCUT2D eigenvalue weighted by Gasteiger charge is 2.49. The van der Waals surface area contributed by atoms with E-state index in [1.807, 2.05) is 0 Å². The van der Waals surface area contributed by atoms with Gasteiger partial charge in [-0.15, -0.1) is 6.42 Å². The fraction of sp³-hybridized carbons (Fsp3) is 0.778. The van der Waals surface area contributed by atoms with Crippen molar-refractivity contribution in [3.05, 3.63) is 0 Å². The number of hydrogen-bond acceptors (Lipinski definition) is 2. The van der Waals surface area contributed by atoms with Crippen LogP contribution in [0.4, 0.5) is 0 Å². The summed E-state index contributed by atoms with van der Waals surface area (Å²) in [7, 11) is 0. The Kier molecular flexibility index (Phi) is 1.63. The summed E-state index contributed by atoms with van der Waals surface area (Å²) in [5.41, 5.74) is 0.366. The summed E-state index contributed by atoms with van der Waals surface area (Å²) in [5.74, 6) is 2.70. The lowest BCUT2D eigenvalue weighted by Crippen LogP contribution is -2.47. The van der Waals surface area contributed by atoms with Crippen LogP contribution >= 0.6 is 0 Å². The van der Waals surface area contributed by atoms with Gasteiger partial charge in [-0.2, -0.15) is 0 Å². The Morgan fingerprint density at radius 1 is 1.55 bits per heavy atom. The predicted molar refractivity (Wildman–Crippen MR) is 43.2 cm³/mol. The Bertz CT molecular complexity index is 190. The third kappa shape index (κ3) is 1.15. The van der Waals surface area contributed by atoms with E-state index in [4.69, 9.17) is 11.2 Å². The third-order valence-electron chi connectivity index (χ3n) is 2.66. The second-order valence-electron chi connectivity index (χ2n) is 3.40. The molecule has 0 radical (unpaired) electrons. The Labute approximate surface area is 67.5 Å². The van der Waals surface area contributed by atoms with E-state index >= 15 is 0 Å². The van der Waals surface area contributed by atoms with Gasteiger partial charge >= 0.3 is 0 Å². The maximum absolute atomic E-state index is 5.41. The minimum atomic E-state index is 0.366. The van der Waals surface area contributed by atoms with E-state index < -0.39 is 0 Å². The molecule has 60 valence electrons. The molecule has 0 unspecified atom stereocenters. The first-order chi connectivity index (χ1) is 5.37. The number of nitrogens with zero attached hydrogens (tertiary/aromatic N) is 1. The molecule has 1 spiro atoms. The molecule has 2 fully saturated rings. The molecule has 2 aliphatic rings. The van der Waals surface area contributed by atoms with E-state index in [2.05, 4.69) is 10.8 Å². The van der Waals surface area contributed by atoms with Gasteiger partial charge < -0.3 is 4.74 Å². The van der Waals surface area contributed by atoms with Crippen LogP contribution in [0.1, 0.15) is 12.8 Å². The fourth-order valence-corrected chi connectivity index (χ4v) is 1.73. The van der Waals surface area contributed by atoms with Crippen molar-refractivity contribution in [2.75, 3.05) is 26.3 Å². The summed E-state index contributed by atoms with van der Waals surface area (Å²) in [6, 6.07) is 0. The summed E-state index contributed by atoms with van der Waals surface area (Å²) in [6.07, 6.45) is 7.82. The van der Waals surface area contributed by atoms with Gasteiger partial charge in [0.15, 0.2) is 0 Å². The van der Waals surface area contributed by atoms with Gasteiger partial charge in [0.05, 0.1) is 19.8 Å². The average Bonchev–Trinajstić information content (AvgIpc) is 2.77. The molecular formula is C9H13NO. The first-order valence-electron chi connectivity index (χ1n) is 4.14. The molecule has 0 bridgehead atoms. The van der Waals surface area contributed by atoms with Gasteiger partial charge in [0, 0.05) is 12.1 Å². The van der Waals surface area contributed by atoms with Gasteiger partial charge in [-0.25, -0.2) is 0 Å². The second kappa shape index (κ2) is 2.51. The van der Waals surface area contributed by atoms with Crippen LogP contribution in [0.3, 0.4) is 0 Å². The molecule has 1 saturated heterocycles. The van der Waals surface area contributed by atoms with E-state index in [0.29, 0.717) is 5.54 Å². The zero-order chi connectivity index (χ0) is 7.73. The van der Waals surface area contributed by atoms with Crippen molar-refractivity contribution in [2.24, 2.45) is 0 Å². The molecule has 0 aromatic carbocycles. The average molecular weight is 151 g/mol. The number of terminal acetylenes is 1. The lowest BCUT2D eigenvalue weighted by molar-refractivity contribution is -0.0132. The zero-order valence-electron chi connectivity index (χ0n) is 6.68. The summed E-state index contributed by atoms with van der Waals surface area (Å²) in [5, 5.41) is 0. The summed E-state index contributed by atoms with van der Waals surface area (Å²) in [6.45, 7) is 3.56. The molecule has 0 aromatic rings. The van der Waals surface area contributed by atoms with E-state index in [9.17, 15) is 0 Å². The quantitative estimate of drug-likeness (QED) is 0.505. The lowest BCUT2D eigenvalue weighted by Gasteiger charge is -2.34. The summed E-state index contributed by atoms with van der Waals surface area (Å²) >= 11 is 0. The molecule has 0 atom stereocenters. The zero-order valence-corrected chi connectivity index (χ0v) is 6.68. The molecule has 11 heavy (non-hydrogen) atoms. The van der Waals surface area contributed by atoms with Crippen LogP contribution < -0.4 is 0 Å². The Morgan fingerprint density at radius 2 is 2.36 bits per heavy atom. The highest BCUT2D eigenvalue weighted by atomic mass is 16.5. The molecule has 1 heterocycles. The molecule has 0 amide bonds. The van der Waals surface area contributed by atoms with Gasteiger partial charge in [-0.1, -0.05) is 5.92 Å². The molecule has 1 saturated carbocycles. The van der Waals surface area contributed by atoms with Gasteiger partial charge in [0.2, 0.25) is 0 Å². The number of hydrogen-bond donors (Lipinski definition) is 0. The van der Waals surface area contributed by atoms with Crippen LogP contribution in [0.2, 0.25) is 0 Å². The second-order valence-corrected chi connectivity index (χ2v) is 3.40. The molecule has 1 aliphatic carbocycles. The van der Waals surface area contributed by atoms with Gasteiger partial charge in [-0.05, 0) is 12.8 Å². The van der Waals surface area contributed by atoms with E-state index in [0.717, 1.165) is 26.3 Å². The molecule has 0 N–H and O–H groups in total.